The smallest absolute Gasteiger partial charge is 0.162 e. The van der Waals surface area contributed by atoms with Crippen LogP contribution in [0.3, 0.4) is 0 Å². The van der Waals surface area contributed by atoms with E-state index in [4.69, 9.17) is 19.0 Å². The van der Waals surface area contributed by atoms with Crippen LogP contribution >= 0.6 is 0 Å². The van der Waals surface area contributed by atoms with E-state index in [1.54, 1.807) is 13.4 Å². The molecule has 1 fully saturated rings. The minimum absolute atomic E-state index is 0.433. The molecule has 1 aromatic heterocycles. The van der Waals surface area contributed by atoms with Gasteiger partial charge in [0.2, 0.25) is 0 Å². The van der Waals surface area contributed by atoms with Crippen molar-refractivity contribution in [3.8, 4) is 11.5 Å². The van der Waals surface area contributed by atoms with Crippen molar-refractivity contribution in [2.24, 2.45) is 5.16 Å². The van der Waals surface area contributed by atoms with Gasteiger partial charge >= 0.3 is 0 Å². The van der Waals surface area contributed by atoms with Crippen LogP contribution in [-0.4, -0.2) is 67.1 Å². The van der Waals surface area contributed by atoms with E-state index in [0.717, 1.165) is 72.7 Å². The molecule has 1 N–H and O–H groups in total. The van der Waals surface area contributed by atoms with Crippen LogP contribution in [0.4, 0.5) is 11.5 Å². The highest BCUT2D eigenvalue weighted by Gasteiger charge is 2.13. The Hall–Kier alpha value is -4.21. The van der Waals surface area contributed by atoms with E-state index in [-0.39, 0.29) is 0 Å². The van der Waals surface area contributed by atoms with Gasteiger partial charge in [-0.1, -0.05) is 47.6 Å². The number of nitrogens with one attached hydrogen (secondary N) is 1. The SMILES string of the molecule is COc1cc2ncnc(Nc3ccc(/C(C)=N\OCc4ccccc4)cc3)c2cc1OCCCN1CCOCC1. The standard InChI is InChI=1S/C31H35N5O4/c1-23(35-40-21-24-7-4-3-5-8-24)25-9-11-26(12-10-25)34-31-27-19-30(29(37-2)20-28(27)32-22-33-31)39-16-6-13-36-14-17-38-18-15-36/h3-5,7-12,19-20,22H,6,13-18,21H2,1-2H3,(H,32,33,34)/b35-23-. The summed E-state index contributed by atoms with van der Waals surface area (Å²) in [6.45, 7) is 7.48. The summed E-state index contributed by atoms with van der Waals surface area (Å²) in [7, 11) is 1.64. The fourth-order valence-corrected chi connectivity index (χ4v) is 4.49. The Bertz CT molecular complexity index is 1410. The third-order valence-corrected chi connectivity index (χ3v) is 6.74. The van der Waals surface area contributed by atoms with Crippen LogP contribution in [0.5, 0.6) is 11.5 Å². The summed E-state index contributed by atoms with van der Waals surface area (Å²) in [4.78, 5) is 16.9. The highest BCUT2D eigenvalue weighted by atomic mass is 16.6. The van der Waals surface area contributed by atoms with Crippen molar-refractivity contribution in [2.75, 3.05) is 51.9 Å². The van der Waals surface area contributed by atoms with Crippen molar-refractivity contribution in [3.63, 3.8) is 0 Å². The van der Waals surface area contributed by atoms with Gasteiger partial charge in [-0.3, -0.25) is 4.90 Å². The molecule has 0 unspecified atom stereocenters. The number of oxime groups is 1. The van der Waals surface area contributed by atoms with Crippen molar-refractivity contribution < 1.29 is 19.0 Å². The molecular weight excluding hydrogens is 506 g/mol. The Balaban J connectivity index is 1.23. The summed E-state index contributed by atoms with van der Waals surface area (Å²) in [6, 6.07) is 21.8. The maximum absolute atomic E-state index is 6.14. The third kappa shape index (κ3) is 7.25. The van der Waals surface area contributed by atoms with E-state index in [2.05, 4.69) is 25.3 Å². The van der Waals surface area contributed by atoms with Gasteiger partial charge in [0, 0.05) is 36.8 Å². The van der Waals surface area contributed by atoms with Gasteiger partial charge in [-0.2, -0.15) is 0 Å². The lowest BCUT2D eigenvalue weighted by Gasteiger charge is -2.26. The van der Waals surface area contributed by atoms with Crippen molar-refractivity contribution in [1.82, 2.24) is 14.9 Å². The molecule has 3 aromatic carbocycles. The van der Waals surface area contributed by atoms with Gasteiger partial charge < -0.3 is 24.4 Å². The van der Waals surface area contributed by atoms with Gasteiger partial charge in [0.25, 0.3) is 0 Å². The van der Waals surface area contributed by atoms with E-state index < -0.39 is 0 Å². The number of rotatable bonds is 12. The average Bonchev–Trinajstić information content (AvgIpc) is 3.00. The number of aromatic nitrogens is 2. The lowest BCUT2D eigenvalue weighted by atomic mass is 10.1. The summed E-state index contributed by atoms with van der Waals surface area (Å²) in [5.41, 5.74) is 4.52. The fraction of sp³-hybridized carbons (Fsp3) is 0.323. The van der Waals surface area contributed by atoms with Gasteiger partial charge in [0.1, 0.15) is 18.8 Å². The second kappa shape index (κ2) is 13.7. The van der Waals surface area contributed by atoms with Gasteiger partial charge in [-0.05, 0) is 42.7 Å². The van der Waals surface area contributed by atoms with Crippen LogP contribution in [0.15, 0.2) is 78.2 Å². The highest BCUT2D eigenvalue weighted by Crippen LogP contribution is 2.35. The zero-order valence-electron chi connectivity index (χ0n) is 23.0. The molecule has 1 aliphatic heterocycles. The summed E-state index contributed by atoms with van der Waals surface area (Å²) in [6.07, 6.45) is 2.46. The molecular formula is C31H35N5O4. The number of hydrogen-bond donors (Lipinski definition) is 1. The van der Waals surface area contributed by atoms with E-state index in [9.17, 15) is 0 Å². The first kappa shape index (κ1) is 27.4. The monoisotopic (exact) mass is 541 g/mol. The highest BCUT2D eigenvalue weighted by molar-refractivity contribution is 5.99. The number of benzene rings is 3. The molecule has 0 atom stereocenters. The van der Waals surface area contributed by atoms with Gasteiger partial charge in [-0.25, -0.2) is 9.97 Å². The number of ether oxygens (including phenoxy) is 3. The molecule has 9 nitrogen and oxygen atoms in total. The van der Waals surface area contributed by atoms with E-state index in [1.165, 1.54) is 0 Å². The Kier molecular flexibility index (Phi) is 9.39. The Morgan fingerprint density at radius 3 is 2.58 bits per heavy atom. The predicted molar refractivity (Wildman–Crippen MR) is 157 cm³/mol. The zero-order valence-corrected chi connectivity index (χ0v) is 23.0. The molecule has 0 radical (unpaired) electrons. The summed E-state index contributed by atoms with van der Waals surface area (Å²) in [5, 5.41) is 8.53. The largest absolute Gasteiger partial charge is 0.493 e. The zero-order chi connectivity index (χ0) is 27.6. The molecule has 0 spiro atoms. The molecule has 1 aliphatic rings. The second-order valence-corrected chi connectivity index (χ2v) is 9.54. The number of fused-ring (bicyclic) bond motifs is 1. The van der Waals surface area contributed by atoms with Crippen molar-refractivity contribution in [3.05, 3.63) is 84.2 Å². The maximum atomic E-state index is 6.14. The molecule has 0 aliphatic carbocycles. The van der Waals surface area contributed by atoms with Crippen LogP contribution < -0.4 is 14.8 Å². The quantitative estimate of drug-likeness (QED) is 0.144. The van der Waals surface area contributed by atoms with Crippen LogP contribution in [0.25, 0.3) is 10.9 Å². The molecule has 0 bridgehead atoms. The lowest BCUT2D eigenvalue weighted by Crippen LogP contribution is -2.37. The normalized spacial score (nSPS) is 14.2. The first-order valence-electron chi connectivity index (χ1n) is 13.5. The third-order valence-electron chi connectivity index (χ3n) is 6.74. The number of nitrogens with zero attached hydrogens (tertiary/aromatic N) is 4. The van der Waals surface area contributed by atoms with Crippen molar-refractivity contribution in [2.45, 2.75) is 20.0 Å². The second-order valence-electron chi connectivity index (χ2n) is 9.54. The summed E-state index contributed by atoms with van der Waals surface area (Å²) < 4.78 is 17.2. The molecule has 4 aromatic rings. The number of anilines is 2. The van der Waals surface area contributed by atoms with E-state index in [0.29, 0.717) is 30.5 Å². The predicted octanol–water partition coefficient (Wildman–Crippen LogP) is 5.42. The van der Waals surface area contributed by atoms with Gasteiger partial charge in [0.15, 0.2) is 11.5 Å². The molecule has 5 rings (SSSR count). The van der Waals surface area contributed by atoms with Gasteiger partial charge in [-0.15, -0.1) is 0 Å². The van der Waals surface area contributed by atoms with Crippen LogP contribution in [-0.2, 0) is 16.2 Å². The molecule has 208 valence electrons. The maximum Gasteiger partial charge on any atom is 0.162 e. The fourth-order valence-electron chi connectivity index (χ4n) is 4.49. The molecule has 2 heterocycles. The van der Waals surface area contributed by atoms with E-state index in [1.807, 2.05) is 73.7 Å². The number of methoxy groups -OCH3 is 1. The molecule has 0 amide bonds. The number of hydrogen-bond acceptors (Lipinski definition) is 9. The Morgan fingerprint density at radius 2 is 1.80 bits per heavy atom. The van der Waals surface area contributed by atoms with E-state index >= 15 is 0 Å². The minimum atomic E-state index is 0.433. The lowest BCUT2D eigenvalue weighted by molar-refractivity contribution is 0.0357. The number of morpholine rings is 1. The first-order chi connectivity index (χ1) is 19.7. The molecule has 40 heavy (non-hydrogen) atoms. The van der Waals surface area contributed by atoms with Crippen molar-refractivity contribution in [1.29, 1.82) is 0 Å². The van der Waals surface area contributed by atoms with Gasteiger partial charge in [0.05, 0.1) is 38.2 Å². The first-order valence-corrected chi connectivity index (χ1v) is 13.5. The average molecular weight is 542 g/mol. The van der Waals surface area contributed by atoms with Crippen LogP contribution in [0, 0.1) is 0 Å². The van der Waals surface area contributed by atoms with Crippen LogP contribution in [0.2, 0.25) is 0 Å². The molecule has 9 heteroatoms. The Morgan fingerprint density at radius 1 is 1.00 bits per heavy atom. The summed E-state index contributed by atoms with van der Waals surface area (Å²) in [5.74, 6) is 2.01. The molecule has 0 saturated carbocycles. The summed E-state index contributed by atoms with van der Waals surface area (Å²) >= 11 is 0. The topological polar surface area (TPSA) is 90.3 Å². The minimum Gasteiger partial charge on any atom is -0.493 e. The van der Waals surface area contributed by atoms with Crippen LogP contribution in [0.1, 0.15) is 24.5 Å². The van der Waals surface area contributed by atoms with Crippen molar-refractivity contribution >= 4 is 28.1 Å². The molecule has 1 saturated heterocycles. The Labute approximate surface area is 234 Å².